The molecule has 1 N–H and O–H groups in total. The minimum Gasteiger partial charge on any atom is -0.478 e. The smallest absolute Gasteiger partial charge is 0.333 e. The number of rotatable bonds is 4. The summed E-state index contributed by atoms with van der Waals surface area (Å²) in [5, 5.41) is 19.3. The van der Waals surface area contributed by atoms with E-state index in [2.05, 4.69) is 6.58 Å². The number of aliphatic carboxylic acids is 1. The molecule has 106 valence electrons. The highest BCUT2D eigenvalue weighted by atomic mass is 17.2. The number of carbonyl (C=O) groups is 1. The van der Waals surface area contributed by atoms with Gasteiger partial charge in [0, 0.05) is 17.7 Å². The van der Waals surface area contributed by atoms with Gasteiger partial charge in [0.15, 0.2) is 0 Å². The standard InChI is InChI=1S/C12H11NO7/c1-7(11(14)15)10-6-18-12(20-19-10)8-2-4-9(5-3-8)13(16)17/h2-5,10,12H,1,6H2,(H,14,15)/t10-,12+/m1/s1. The predicted octanol–water partition coefficient (Wildman–Crippen LogP) is 1.58. The van der Waals surface area contributed by atoms with Gasteiger partial charge >= 0.3 is 5.97 Å². The van der Waals surface area contributed by atoms with Crippen molar-refractivity contribution in [1.29, 1.82) is 0 Å². The van der Waals surface area contributed by atoms with Crippen molar-refractivity contribution in [2.24, 2.45) is 0 Å². The van der Waals surface area contributed by atoms with E-state index in [1.807, 2.05) is 0 Å². The van der Waals surface area contributed by atoms with Crippen molar-refractivity contribution in [3.63, 3.8) is 0 Å². The maximum Gasteiger partial charge on any atom is 0.333 e. The zero-order valence-electron chi connectivity index (χ0n) is 10.2. The number of non-ortho nitro benzene ring substituents is 1. The number of nitrogens with zero attached hydrogens (tertiary/aromatic N) is 1. The highest BCUT2D eigenvalue weighted by molar-refractivity contribution is 5.86. The number of ether oxygens (including phenoxy) is 1. The molecule has 1 aliphatic rings. The van der Waals surface area contributed by atoms with E-state index in [1.54, 1.807) is 0 Å². The largest absolute Gasteiger partial charge is 0.478 e. The molecule has 0 amide bonds. The lowest BCUT2D eigenvalue weighted by molar-refractivity contribution is -0.439. The molecule has 20 heavy (non-hydrogen) atoms. The van der Waals surface area contributed by atoms with E-state index in [1.165, 1.54) is 24.3 Å². The lowest BCUT2D eigenvalue weighted by Gasteiger charge is -2.28. The van der Waals surface area contributed by atoms with Gasteiger partial charge in [0.05, 0.1) is 17.1 Å². The van der Waals surface area contributed by atoms with E-state index in [9.17, 15) is 14.9 Å². The quantitative estimate of drug-likeness (QED) is 0.386. The van der Waals surface area contributed by atoms with Crippen LogP contribution in [0.2, 0.25) is 0 Å². The summed E-state index contributed by atoms with van der Waals surface area (Å²) < 4.78 is 5.31. The van der Waals surface area contributed by atoms with Crippen molar-refractivity contribution in [1.82, 2.24) is 0 Å². The third kappa shape index (κ3) is 2.99. The minimum absolute atomic E-state index is 0.0349. The van der Waals surface area contributed by atoms with Crippen LogP contribution in [0.5, 0.6) is 0 Å². The van der Waals surface area contributed by atoms with E-state index in [-0.39, 0.29) is 17.9 Å². The van der Waals surface area contributed by atoms with Crippen LogP contribution in [0.3, 0.4) is 0 Å². The number of benzene rings is 1. The Kier molecular flexibility index (Phi) is 4.08. The summed E-state index contributed by atoms with van der Waals surface area (Å²) in [7, 11) is 0. The van der Waals surface area contributed by atoms with Crippen LogP contribution in [0, 0.1) is 10.1 Å². The number of nitro benzene ring substituents is 1. The molecular weight excluding hydrogens is 270 g/mol. The third-order valence-electron chi connectivity index (χ3n) is 2.70. The number of hydrogen-bond acceptors (Lipinski definition) is 6. The van der Waals surface area contributed by atoms with Crippen molar-refractivity contribution in [3.8, 4) is 0 Å². The van der Waals surface area contributed by atoms with Crippen molar-refractivity contribution >= 4 is 11.7 Å². The zero-order valence-corrected chi connectivity index (χ0v) is 10.2. The molecule has 1 saturated heterocycles. The van der Waals surface area contributed by atoms with Crippen molar-refractivity contribution in [2.75, 3.05) is 6.61 Å². The van der Waals surface area contributed by atoms with Gasteiger partial charge in [-0.2, -0.15) is 4.89 Å². The molecule has 8 nitrogen and oxygen atoms in total. The van der Waals surface area contributed by atoms with Gasteiger partial charge in [-0.05, 0) is 12.1 Å². The highest BCUT2D eigenvalue weighted by Crippen LogP contribution is 2.27. The third-order valence-corrected chi connectivity index (χ3v) is 2.70. The molecular formula is C12H11NO7. The summed E-state index contributed by atoms with van der Waals surface area (Å²) >= 11 is 0. The molecule has 0 saturated carbocycles. The number of nitro groups is 1. The van der Waals surface area contributed by atoms with Crippen LogP contribution >= 0.6 is 0 Å². The topological polar surface area (TPSA) is 108 Å². The van der Waals surface area contributed by atoms with Gasteiger partial charge < -0.3 is 9.84 Å². The summed E-state index contributed by atoms with van der Waals surface area (Å²) in [4.78, 5) is 30.5. The molecule has 0 spiro atoms. The van der Waals surface area contributed by atoms with Gasteiger partial charge in [-0.3, -0.25) is 10.1 Å². The van der Waals surface area contributed by atoms with Crippen molar-refractivity contribution in [3.05, 3.63) is 52.1 Å². The molecule has 0 radical (unpaired) electrons. The fraction of sp³-hybridized carbons (Fsp3) is 0.250. The molecule has 1 aromatic carbocycles. The Morgan fingerprint density at radius 3 is 2.45 bits per heavy atom. The molecule has 1 fully saturated rings. The van der Waals surface area contributed by atoms with E-state index in [0.29, 0.717) is 5.56 Å². The highest BCUT2D eigenvalue weighted by Gasteiger charge is 2.29. The second-order valence-electron chi connectivity index (χ2n) is 4.03. The number of carboxylic acids is 1. The lowest BCUT2D eigenvalue weighted by Crippen LogP contribution is -2.33. The Hall–Kier alpha value is -2.29. The van der Waals surface area contributed by atoms with Crippen LogP contribution in [-0.4, -0.2) is 28.7 Å². The maximum absolute atomic E-state index is 10.7. The van der Waals surface area contributed by atoms with Crippen LogP contribution in [0.4, 0.5) is 5.69 Å². The van der Waals surface area contributed by atoms with Gasteiger partial charge in [0.25, 0.3) is 5.69 Å². The molecule has 1 heterocycles. The number of carboxylic acid groups (broad SMARTS) is 1. The maximum atomic E-state index is 10.7. The lowest BCUT2D eigenvalue weighted by atomic mass is 10.1. The van der Waals surface area contributed by atoms with E-state index in [4.69, 9.17) is 19.6 Å². The summed E-state index contributed by atoms with van der Waals surface area (Å²) in [6.45, 7) is 3.31. The monoisotopic (exact) mass is 281 g/mol. The molecule has 1 aliphatic heterocycles. The number of hydrogen-bond donors (Lipinski definition) is 1. The van der Waals surface area contributed by atoms with Crippen LogP contribution in [0.1, 0.15) is 11.9 Å². The average Bonchev–Trinajstić information content (AvgIpc) is 2.46. The van der Waals surface area contributed by atoms with Gasteiger partial charge in [-0.15, -0.1) is 0 Å². The minimum atomic E-state index is -1.20. The molecule has 0 aromatic heterocycles. The van der Waals surface area contributed by atoms with E-state index < -0.39 is 23.3 Å². The molecule has 0 bridgehead atoms. The summed E-state index contributed by atoms with van der Waals surface area (Å²) in [6, 6.07) is 5.56. The van der Waals surface area contributed by atoms with Crippen LogP contribution in [0.15, 0.2) is 36.4 Å². The Morgan fingerprint density at radius 2 is 2.00 bits per heavy atom. The Labute approximate surface area is 113 Å². The van der Waals surface area contributed by atoms with Crippen molar-refractivity contribution < 1.29 is 29.3 Å². The summed E-state index contributed by atoms with van der Waals surface area (Å²) in [5.74, 6) is -1.20. The van der Waals surface area contributed by atoms with Crippen LogP contribution in [0.25, 0.3) is 0 Å². The normalized spacial score (nSPS) is 22.2. The average molecular weight is 281 g/mol. The molecule has 2 atom stereocenters. The Bertz CT molecular complexity index is 531. The Balaban J connectivity index is 1.98. The SMILES string of the molecule is C=C(C(=O)O)[C@H]1CO[C@H](c2ccc([N+](=O)[O-])cc2)OO1. The van der Waals surface area contributed by atoms with E-state index >= 15 is 0 Å². The summed E-state index contributed by atoms with van der Waals surface area (Å²) in [5.41, 5.74) is 0.296. The van der Waals surface area contributed by atoms with Gasteiger partial charge in [-0.25, -0.2) is 9.68 Å². The molecule has 0 unspecified atom stereocenters. The Morgan fingerprint density at radius 1 is 1.35 bits per heavy atom. The van der Waals surface area contributed by atoms with Crippen LogP contribution < -0.4 is 0 Å². The first-order chi connectivity index (χ1) is 9.49. The van der Waals surface area contributed by atoms with Gasteiger partial charge in [0.1, 0.15) is 6.10 Å². The molecule has 2 rings (SSSR count). The fourth-order valence-electron chi connectivity index (χ4n) is 1.55. The van der Waals surface area contributed by atoms with Gasteiger partial charge in [-0.1, -0.05) is 6.58 Å². The second-order valence-corrected chi connectivity index (χ2v) is 4.03. The first-order valence-electron chi connectivity index (χ1n) is 5.59. The predicted molar refractivity (Wildman–Crippen MR) is 64.5 cm³/mol. The van der Waals surface area contributed by atoms with E-state index in [0.717, 1.165) is 0 Å². The first-order valence-corrected chi connectivity index (χ1v) is 5.59. The zero-order chi connectivity index (χ0) is 14.7. The molecule has 0 aliphatic carbocycles. The van der Waals surface area contributed by atoms with Crippen molar-refractivity contribution in [2.45, 2.75) is 12.4 Å². The summed E-state index contributed by atoms with van der Waals surface area (Å²) in [6.07, 6.45) is -1.75. The molecule has 1 aromatic rings. The fourth-order valence-corrected chi connectivity index (χ4v) is 1.55. The second kappa shape index (κ2) is 5.78. The van der Waals surface area contributed by atoms with Gasteiger partial charge in [0.2, 0.25) is 6.29 Å². The molecule has 8 heteroatoms. The first kappa shape index (κ1) is 14.1. The van der Waals surface area contributed by atoms with Crippen LogP contribution in [-0.2, 0) is 19.3 Å².